The summed E-state index contributed by atoms with van der Waals surface area (Å²) in [4.78, 5) is 63.2. The fourth-order valence-electron chi connectivity index (χ4n) is 1.70. The first-order valence-electron chi connectivity index (χ1n) is 7.48. The number of phosphoric ester groups is 1. The molecule has 1 rings (SSSR count). The molecule has 0 aromatic carbocycles. The van der Waals surface area contributed by atoms with Crippen LogP contribution < -0.4 is 9.09 Å². The fraction of sp³-hybridized carbons (Fsp3) is 0.500. The highest BCUT2D eigenvalue weighted by Crippen LogP contribution is 2.74. The fourth-order valence-corrected chi connectivity index (χ4v) is 9.08. The summed E-state index contributed by atoms with van der Waals surface area (Å²) < 4.78 is 92.6. The van der Waals surface area contributed by atoms with Gasteiger partial charge in [-0.25, -0.2) is 27.4 Å². The van der Waals surface area contributed by atoms with Crippen molar-refractivity contribution in [3.63, 3.8) is 0 Å². The van der Waals surface area contributed by atoms with Gasteiger partial charge in [0.2, 0.25) is 0 Å². The lowest BCUT2D eigenvalue weighted by molar-refractivity contribution is -0.674. The van der Waals surface area contributed by atoms with Crippen molar-refractivity contribution in [1.82, 2.24) is 4.57 Å². The number of imidazole rings is 1. The third kappa shape index (κ3) is 11.5. The molecule has 194 valence electrons. The van der Waals surface area contributed by atoms with Crippen molar-refractivity contribution in [1.29, 1.82) is 0 Å². The first-order chi connectivity index (χ1) is 14.5. The topological polar surface area (TPSA) is 308 Å². The molecule has 0 bridgehead atoms. The SMILES string of the molecule is CCn1cc[n+](C)c1OP(=O)(O)OP(=O)(O)OP(=O)(O)OP(=O)(O)OP(=O)(O)OP(=O)(O)O. The average Bonchev–Trinajstić information content (AvgIpc) is 2.78. The van der Waals surface area contributed by atoms with Crippen molar-refractivity contribution >= 4 is 46.9 Å². The number of hydrogen-bond acceptors (Lipinski definition) is 12. The highest BCUT2D eigenvalue weighted by Gasteiger charge is 2.49. The average molecular weight is 607 g/mol. The minimum atomic E-state index is -6.31. The smallest absolute Gasteiger partial charge is 0.334 e. The Kier molecular flexibility index (Phi) is 9.84. The summed E-state index contributed by atoms with van der Waals surface area (Å²) in [6.45, 7) is 1.77. The summed E-state index contributed by atoms with van der Waals surface area (Å²) in [6.07, 6.45) is 2.72. The summed E-state index contributed by atoms with van der Waals surface area (Å²) in [5, 5.41) is 0. The third-order valence-corrected chi connectivity index (χ3v) is 11.3. The van der Waals surface area contributed by atoms with Crippen molar-refractivity contribution in [2.75, 3.05) is 0 Å². The third-order valence-electron chi connectivity index (χ3n) is 2.59. The van der Waals surface area contributed by atoms with Gasteiger partial charge in [0.1, 0.15) is 12.4 Å². The molecule has 5 atom stereocenters. The van der Waals surface area contributed by atoms with E-state index < -0.39 is 46.9 Å². The van der Waals surface area contributed by atoms with Crippen LogP contribution in [0.4, 0.5) is 0 Å². The van der Waals surface area contributed by atoms with Gasteiger partial charge in [-0.05, 0) is 6.92 Å². The zero-order valence-electron chi connectivity index (χ0n) is 16.0. The maximum absolute atomic E-state index is 12.0. The monoisotopic (exact) mass is 607 g/mol. The van der Waals surface area contributed by atoms with Crippen molar-refractivity contribution in [3.8, 4) is 6.01 Å². The Morgan fingerprint density at radius 3 is 1.45 bits per heavy atom. The molecule has 1 aromatic rings. The van der Waals surface area contributed by atoms with Crippen molar-refractivity contribution < 1.29 is 92.3 Å². The lowest BCUT2D eigenvalue weighted by Crippen LogP contribution is -2.28. The minimum absolute atomic E-state index is 0.190. The molecule has 0 saturated heterocycles. The van der Waals surface area contributed by atoms with E-state index in [2.05, 4.69) is 26.1 Å². The molecule has 1 aromatic heterocycles. The van der Waals surface area contributed by atoms with Crippen LogP contribution in [0.3, 0.4) is 0 Å². The Hall–Kier alpha value is -0.0900. The van der Waals surface area contributed by atoms with Crippen LogP contribution in [0.25, 0.3) is 0 Å². The Morgan fingerprint density at radius 2 is 1.09 bits per heavy atom. The first-order valence-corrected chi connectivity index (χ1v) is 16.5. The quantitative estimate of drug-likeness (QED) is 0.118. The predicted octanol–water partition coefficient (Wildman–Crippen LogP) is 0.389. The van der Waals surface area contributed by atoms with E-state index in [4.69, 9.17) is 19.6 Å². The summed E-state index contributed by atoms with van der Waals surface area (Å²) in [5.41, 5.74) is 0. The maximum atomic E-state index is 12.0. The van der Waals surface area contributed by atoms with E-state index >= 15 is 0 Å². The minimum Gasteiger partial charge on any atom is -0.334 e. The molecule has 0 spiro atoms. The molecule has 0 aliphatic carbocycles. The number of aromatic nitrogens is 2. The number of phosphoric acid groups is 6. The van der Waals surface area contributed by atoms with E-state index in [1.807, 2.05) is 0 Å². The Bertz CT molecular complexity index is 1150. The molecule has 5 unspecified atom stereocenters. The normalized spacial score (nSPS) is 21.7. The van der Waals surface area contributed by atoms with Gasteiger partial charge >= 0.3 is 52.9 Å². The van der Waals surface area contributed by atoms with Gasteiger partial charge in [0.15, 0.2) is 0 Å². The van der Waals surface area contributed by atoms with Gasteiger partial charge in [0, 0.05) is 0 Å². The van der Waals surface area contributed by atoms with Gasteiger partial charge in [-0.15, -0.1) is 0 Å². The summed E-state index contributed by atoms with van der Waals surface area (Å²) in [7, 11) is -34.9. The highest BCUT2D eigenvalue weighted by atomic mass is 31.3. The highest BCUT2D eigenvalue weighted by molar-refractivity contribution is 7.72. The molecule has 0 aliphatic heterocycles. The molecular weight excluding hydrogens is 590 g/mol. The van der Waals surface area contributed by atoms with Crippen LogP contribution in [-0.4, -0.2) is 38.8 Å². The van der Waals surface area contributed by atoms with E-state index in [1.165, 1.54) is 24.0 Å². The second-order valence-corrected chi connectivity index (χ2v) is 14.4. The second kappa shape index (κ2) is 10.5. The Morgan fingerprint density at radius 1 is 0.727 bits per heavy atom. The first kappa shape index (κ1) is 30.9. The molecule has 0 aliphatic rings. The van der Waals surface area contributed by atoms with Gasteiger partial charge in [0.05, 0.1) is 13.6 Å². The zero-order chi connectivity index (χ0) is 26.1. The molecule has 1 heterocycles. The van der Waals surface area contributed by atoms with E-state index in [0.29, 0.717) is 0 Å². The van der Waals surface area contributed by atoms with Gasteiger partial charge in [-0.3, -0.25) is 4.89 Å². The van der Waals surface area contributed by atoms with E-state index in [9.17, 15) is 42.1 Å². The Labute approximate surface area is 183 Å². The summed E-state index contributed by atoms with van der Waals surface area (Å²) in [5.74, 6) is 0. The van der Waals surface area contributed by atoms with E-state index in [1.54, 1.807) is 6.92 Å². The molecule has 0 radical (unpaired) electrons. The number of rotatable bonds is 13. The number of aryl methyl sites for hydroxylation is 2. The molecule has 7 N–H and O–H groups in total. The lowest BCUT2D eigenvalue weighted by atomic mass is 10.7. The van der Waals surface area contributed by atoms with Crippen LogP contribution in [0.5, 0.6) is 6.01 Å². The van der Waals surface area contributed by atoms with Crippen molar-refractivity contribution in [2.24, 2.45) is 7.05 Å². The molecule has 0 fully saturated rings. The van der Waals surface area contributed by atoms with Crippen LogP contribution in [0, 0.1) is 0 Å². The number of hydrogen-bond donors (Lipinski definition) is 7. The molecule has 27 heteroatoms. The molecule has 0 amide bonds. The standard InChI is InChI=1S/C6H16N2O19P6/c1-3-8-5-4-7(2)6(8)22-29(12,13)24-31(16,17)26-33(20,21)27-32(18,19)25-30(14,15)23-28(9,10)11/h4-5H,3H2,1-2H3,(H6-,9,10,11,12,13,14,15,16,17,18,19,20,21)/p+1. The van der Waals surface area contributed by atoms with Gasteiger partial charge in [-0.2, -0.15) is 30.7 Å². The van der Waals surface area contributed by atoms with E-state index in [0.717, 1.165) is 4.57 Å². The number of nitrogens with zero attached hydrogens (tertiary/aromatic N) is 2. The van der Waals surface area contributed by atoms with Gasteiger partial charge < -0.3 is 33.9 Å². The zero-order valence-corrected chi connectivity index (χ0v) is 21.3. The summed E-state index contributed by atoms with van der Waals surface area (Å²) in [6, 6.07) is -0.385. The molecule has 21 nitrogen and oxygen atoms in total. The predicted molar refractivity (Wildman–Crippen MR) is 98.5 cm³/mol. The maximum Gasteiger partial charge on any atom is 0.541 e. The van der Waals surface area contributed by atoms with Gasteiger partial charge in [0.25, 0.3) is 0 Å². The second-order valence-electron chi connectivity index (χ2n) is 5.31. The molecular formula is C6H17N2O19P6+. The van der Waals surface area contributed by atoms with Crippen LogP contribution in [0.2, 0.25) is 0 Å². The van der Waals surface area contributed by atoms with Gasteiger partial charge in [-0.1, -0.05) is 0 Å². The van der Waals surface area contributed by atoms with Crippen LogP contribution in [0.15, 0.2) is 12.4 Å². The lowest BCUT2D eigenvalue weighted by Gasteiger charge is -2.20. The van der Waals surface area contributed by atoms with Crippen LogP contribution in [0.1, 0.15) is 6.92 Å². The summed E-state index contributed by atoms with van der Waals surface area (Å²) >= 11 is 0. The Balaban J connectivity index is 2.94. The van der Waals surface area contributed by atoms with Crippen molar-refractivity contribution in [2.45, 2.75) is 13.5 Å². The molecule has 0 saturated carbocycles. The van der Waals surface area contributed by atoms with Crippen LogP contribution >= 0.6 is 46.9 Å². The van der Waals surface area contributed by atoms with Crippen LogP contribution in [-0.2, 0) is 62.5 Å². The van der Waals surface area contributed by atoms with E-state index in [-0.39, 0.29) is 12.6 Å². The largest absolute Gasteiger partial charge is 0.541 e. The molecule has 33 heavy (non-hydrogen) atoms. The van der Waals surface area contributed by atoms with Crippen molar-refractivity contribution in [3.05, 3.63) is 12.4 Å².